The highest BCUT2D eigenvalue weighted by Crippen LogP contribution is 2.24. The summed E-state index contributed by atoms with van der Waals surface area (Å²) in [5.74, 6) is -0.0472. The maximum atomic E-state index is 12.5. The third-order valence-corrected chi connectivity index (χ3v) is 4.36. The van der Waals surface area contributed by atoms with Gasteiger partial charge in [-0.3, -0.25) is 15.0 Å². The second-order valence-electron chi connectivity index (χ2n) is 7.21. The van der Waals surface area contributed by atoms with Gasteiger partial charge in [0.2, 0.25) is 11.8 Å². The van der Waals surface area contributed by atoms with Crippen LogP contribution in [0.1, 0.15) is 26.5 Å². The van der Waals surface area contributed by atoms with Crippen LogP contribution >= 0.6 is 11.6 Å². The summed E-state index contributed by atoms with van der Waals surface area (Å²) >= 11 is 5.88. The molecule has 0 spiro atoms. The zero-order chi connectivity index (χ0) is 18.9. The van der Waals surface area contributed by atoms with Crippen LogP contribution in [-0.2, 0) is 10.2 Å². The lowest BCUT2D eigenvalue weighted by molar-refractivity contribution is -0.116. The number of amides is 3. The lowest BCUT2D eigenvalue weighted by Crippen LogP contribution is -2.37. The molecule has 0 unspecified atom stereocenters. The molecule has 2 aromatic rings. The van der Waals surface area contributed by atoms with E-state index in [2.05, 4.69) is 10.5 Å². The molecule has 1 saturated heterocycles. The predicted octanol–water partition coefficient (Wildman–Crippen LogP) is 3.51. The van der Waals surface area contributed by atoms with Crippen LogP contribution in [-0.4, -0.2) is 41.6 Å². The molecule has 1 fully saturated rings. The van der Waals surface area contributed by atoms with Gasteiger partial charge in [-0.1, -0.05) is 37.5 Å². The SMILES string of the molecule is CC(C)(C)c1cc(NC(=O)CN2CCN(c3ccc(Cl)cc3)C2=O)on1. The van der Waals surface area contributed by atoms with Crippen molar-refractivity contribution in [3.8, 4) is 0 Å². The highest BCUT2D eigenvalue weighted by molar-refractivity contribution is 6.30. The van der Waals surface area contributed by atoms with Gasteiger partial charge in [-0.15, -0.1) is 0 Å². The second kappa shape index (κ2) is 6.99. The molecule has 0 aliphatic carbocycles. The molecule has 7 nitrogen and oxygen atoms in total. The van der Waals surface area contributed by atoms with Crippen LogP contribution in [0, 0.1) is 0 Å². The summed E-state index contributed by atoms with van der Waals surface area (Å²) in [7, 11) is 0. The summed E-state index contributed by atoms with van der Waals surface area (Å²) in [4.78, 5) is 27.9. The number of halogens is 1. The molecule has 8 heteroatoms. The highest BCUT2D eigenvalue weighted by atomic mass is 35.5. The fourth-order valence-corrected chi connectivity index (χ4v) is 2.75. The standard InChI is InChI=1S/C18H21ClN4O3/c1-18(2,3)14-10-16(26-21-14)20-15(24)11-22-8-9-23(17(22)25)13-6-4-12(19)5-7-13/h4-7,10H,8-9,11H2,1-3H3,(H,20,24). The molecule has 2 heterocycles. The number of carbonyl (C=O) groups excluding carboxylic acids is 2. The number of urea groups is 1. The molecular weight excluding hydrogens is 356 g/mol. The molecule has 0 bridgehead atoms. The van der Waals surface area contributed by atoms with E-state index in [1.165, 1.54) is 4.90 Å². The normalized spacial score (nSPS) is 14.8. The fourth-order valence-electron chi connectivity index (χ4n) is 2.63. The topological polar surface area (TPSA) is 78.7 Å². The molecule has 1 aromatic carbocycles. The first-order valence-electron chi connectivity index (χ1n) is 8.33. The highest BCUT2D eigenvalue weighted by Gasteiger charge is 2.31. The van der Waals surface area contributed by atoms with Crippen molar-refractivity contribution in [2.45, 2.75) is 26.2 Å². The molecule has 0 saturated carbocycles. The predicted molar refractivity (Wildman–Crippen MR) is 99.6 cm³/mol. The Morgan fingerprint density at radius 3 is 2.58 bits per heavy atom. The summed E-state index contributed by atoms with van der Waals surface area (Å²) in [5, 5.41) is 7.21. The molecule has 1 aliphatic heterocycles. The number of benzene rings is 1. The molecule has 3 rings (SSSR count). The smallest absolute Gasteiger partial charge is 0.325 e. The molecule has 1 aliphatic rings. The van der Waals surface area contributed by atoms with Gasteiger partial charge in [0.05, 0.1) is 5.69 Å². The van der Waals surface area contributed by atoms with Crippen molar-refractivity contribution in [1.82, 2.24) is 10.1 Å². The Labute approximate surface area is 156 Å². The second-order valence-corrected chi connectivity index (χ2v) is 7.64. The number of nitrogens with one attached hydrogen (secondary N) is 1. The van der Waals surface area contributed by atoms with Crippen LogP contribution < -0.4 is 10.2 Å². The van der Waals surface area contributed by atoms with Crippen LogP contribution in [0.2, 0.25) is 5.02 Å². The first-order chi connectivity index (χ1) is 12.2. The van der Waals surface area contributed by atoms with E-state index < -0.39 is 0 Å². The maximum absolute atomic E-state index is 12.5. The maximum Gasteiger partial charge on any atom is 0.325 e. The Balaban J connectivity index is 1.59. The number of carbonyl (C=O) groups is 2. The third kappa shape index (κ3) is 3.99. The lowest BCUT2D eigenvalue weighted by atomic mass is 9.92. The van der Waals surface area contributed by atoms with E-state index in [1.807, 2.05) is 20.8 Å². The van der Waals surface area contributed by atoms with Gasteiger partial charge in [0, 0.05) is 35.3 Å². The summed E-state index contributed by atoms with van der Waals surface area (Å²) < 4.78 is 5.15. The minimum absolute atomic E-state index is 0.0471. The van der Waals surface area contributed by atoms with Gasteiger partial charge in [-0.05, 0) is 24.3 Å². The number of hydrogen-bond acceptors (Lipinski definition) is 4. The molecular formula is C18H21ClN4O3. The Bertz CT molecular complexity index is 811. The van der Waals surface area contributed by atoms with Gasteiger partial charge in [-0.25, -0.2) is 4.79 Å². The molecule has 3 amide bonds. The summed E-state index contributed by atoms with van der Waals surface area (Å²) in [6.07, 6.45) is 0. The van der Waals surface area contributed by atoms with Crippen molar-refractivity contribution in [3.63, 3.8) is 0 Å². The average Bonchev–Trinajstić information content (AvgIpc) is 3.16. The van der Waals surface area contributed by atoms with Crippen molar-refractivity contribution in [2.24, 2.45) is 0 Å². The minimum atomic E-state index is -0.326. The van der Waals surface area contributed by atoms with Gasteiger partial charge < -0.3 is 9.42 Å². The van der Waals surface area contributed by atoms with E-state index in [0.29, 0.717) is 18.1 Å². The Morgan fingerprint density at radius 1 is 1.27 bits per heavy atom. The van der Waals surface area contributed by atoms with E-state index in [1.54, 1.807) is 35.2 Å². The summed E-state index contributed by atoms with van der Waals surface area (Å²) in [6.45, 7) is 6.96. The number of hydrogen-bond donors (Lipinski definition) is 1. The van der Waals surface area contributed by atoms with Gasteiger partial charge in [0.25, 0.3) is 0 Å². The minimum Gasteiger partial charge on any atom is -0.338 e. The Morgan fingerprint density at radius 2 is 1.96 bits per heavy atom. The van der Waals surface area contributed by atoms with Crippen LogP contribution in [0.4, 0.5) is 16.4 Å². The Kier molecular flexibility index (Phi) is 4.91. The first kappa shape index (κ1) is 18.3. The van der Waals surface area contributed by atoms with Gasteiger partial charge >= 0.3 is 6.03 Å². The molecule has 138 valence electrons. The molecule has 0 radical (unpaired) electrons. The Hall–Kier alpha value is -2.54. The van der Waals surface area contributed by atoms with E-state index >= 15 is 0 Å². The zero-order valence-electron chi connectivity index (χ0n) is 15.0. The average molecular weight is 377 g/mol. The fraction of sp³-hybridized carbons (Fsp3) is 0.389. The molecule has 0 atom stereocenters. The molecule has 1 N–H and O–H groups in total. The zero-order valence-corrected chi connectivity index (χ0v) is 15.7. The van der Waals surface area contributed by atoms with Gasteiger partial charge in [-0.2, -0.15) is 0 Å². The van der Waals surface area contributed by atoms with E-state index in [0.717, 1.165) is 11.4 Å². The van der Waals surface area contributed by atoms with Gasteiger partial charge in [0.15, 0.2) is 0 Å². The van der Waals surface area contributed by atoms with Crippen molar-refractivity contribution < 1.29 is 14.1 Å². The first-order valence-corrected chi connectivity index (χ1v) is 8.71. The quantitative estimate of drug-likeness (QED) is 0.885. The summed E-state index contributed by atoms with van der Waals surface area (Å²) in [6, 6.07) is 8.52. The van der Waals surface area contributed by atoms with E-state index in [4.69, 9.17) is 16.1 Å². The van der Waals surface area contributed by atoms with Crippen molar-refractivity contribution in [3.05, 3.63) is 41.0 Å². The largest absolute Gasteiger partial charge is 0.338 e. The third-order valence-electron chi connectivity index (χ3n) is 4.11. The van der Waals surface area contributed by atoms with E-state index in [9.17, 15) is 9.59 Å². The number of aromatic nitrogens is 1. The lowest BCUT2D eigenvalue weighted by Gasteiger charge is -2.18. The van der Waals surface area contributed by atoms with Gasteiger partial charge in [0.1, 0.15) is 6.54 Å². The van der Waals surface area contributed by atoms with Crippen molar-refractivity contribution in [1.29, 1.82) is 0 Å². The summed E-state index contributed by atoms with van der Waals surface area (Å²) in [5.41, 5.74) is 1.34. The number of nitrogens with zero attached hydrogens (tertiary/aromatic N) is 3. The van der Waals surface area contributed by atoms with Crippen molar-refractivity contribution in [2.75, 3.05) is 29.9 Å². The van der Waals surface area contributed by atoms with E-state index in [-0.39, 0.29) is 29.8 Å². The van der Waals surface area contributed by atoms with Crippen LogP contribution in [0.5, 0.6) is 0 Å². The van der Waals surface area contributed by atoms with Crippen LogP contribution in [0.15, 0.2) is 34.9 Å². The van der Waals surface area contributed by atoms with Crippen molar-refractivity contribution >= 4 is 35.1 Å². The molecule has 26 heavy (non-hydrogen) atoms. The molecule has 1 aromatic heterocycles. The monoisotopic (exact) mass is 376 g/mol. The van der Waals surface area contributed by atoms with Crippen LogP contribution in [0.3, 0.4) is 0 Å². The van der Waals surface area contributed by atoms with Crippen LogP contribution in [0.25, 0.3) is 0 Å². The number of anilines is 2. The number of rotatable bonds is 4.